The fraction of sp³-hybridized carbons (Fsp3) is 0.0500. The van der Waals surface area contributed by atoms with E-state index >= 15 is 0 Å². The number of fused-ring (bicyclic) bond motifs is 2. The molecule has 5 nitrogen and oxygen atoms in total. The number of carbonyl (C=O) groups excluding carboxylic acids is 1. The van der Waals surface area contributed by atoms with Crippen molar-refractivity contribution in [2.75, 3.05) is 0 Å². The van der Waals surface area contributed by atoms with E-state index < -0.39 is 0 Å². The number of hydrogen-bond donors (Lipinski definition) is 1. The fourth-order valence-electron chi connectivity index (χ4n) is 2.96. The molecular formula is C20H15N3O2S. The molecule has 4 rings (SSSR count). The molecule has 2 aromatic carbocycles. The summed E-state index contributed by atoms with van der Waals surface area (Å²) in [5.41, 5.74) is 3.99. The second-order valence-corrected chi connectivity index (χ2v) is 6.74. The van der Waals surface area contributed by atoms with Crippen LogP contribution in [0.4, 0.5) is 0 Å². The van der Waals surface area contributed by atoms with Crippen molar-refractivity contribution in [3.63, 3.8) is 0 Å². The molecule has 2 aromatic heterocycles. The van der Waals surface area contributed by atoms with Crippen molar-refractivity contribution in [1.29, 1.82) is 0 Å². The zero-order chi connectivity index (χ0) is 17.9. The first kappa shape index (κ1) is 16.2. The van der Waals surface area contributed by atoms with Crippen LogP contribution >= 0.6 is 11.3 Å². The highest BCUT2D eigenvalue weighted by atomic mass is 32.1. The van der Waals surface area contributed by atoms with Gasteiger partial charge in [-0.1, -0.05) is 30.3 Å². The number of amides is 1. The first-order valence-electron chi connectivity index (χ1n) is 8.10. The van der Waals surface area contributed by atoms with Crippen LogP contribution in [-0.2, 0) is 11.3 Å². The number of hydrogen-bond acceptors (Lipinski definition) is 4. The standard InChI is InChI=1S/C20H15N3O2S/c24-19(22-21-12-14-6-5-11-26-14)13-23-17-9-3-1-7-15(17)20(25)16-8-2-4-10-18(16)23/h1-12H,13H2,(H,22,24). The summed E-state index contributed by atoms with van der Waals surface area (Å²) >= 11 is 1.54. The molecule has 6 heteroatoms. The summed E-state index contributed by atoms with van der Waals surface area (Å²) in [7, 11) is 0. The molecule has 1 amide bonds. The molecule has 2 heterocycles. The van der Waals surface area contributed by atoms with Crippen LogP contribution in [0.25, 0.3) is 21.8 Å². The monoisotopic (exact) mass is 361 g/mol. The number of aromatic nitrogens is 1. The molecule has 0 unspecified atom stereocenters. The predicted octanol–water partition coefficient (Wildman–Crippen LogP) is 3.37. The second kappa shape index (κ2) is 6.93. The summed E-state index contributed by atoms with van der Waals surface area (Å²) in [5.74, 6) is -0.253. The maximum absolute atomic E-state index is 12.7. The van der Waals surface area contributed by atoms with E-state index in [0.29, 0.717) is 10.8 Å². The van der Waals surface area contributed by atoms with Gasteiger partial charge in [-0.2, -0.15) is 5.10 Å². The topological polar surface area (TPSA) is 63.5 Å². The van der Waals surface area contributed by atoms with Crippen LogP contribution in [0, 0.1) is 0 Å². The van der Waals surface area contributed by atoms with Crippen molar-refractivity contribution < 1.29 is 4.79 Å². The van der Waals surface area contributed by atoms with E-state index in [1.165, 1.54) is 0 Å². The molecule has 0 atom stereocenters. The largest absolute Gasteiger partial charge is 0.331 e. The van der Waals surface area contributed by atoms with Crippen molar-refractivity contribution in [3.8, 4) is 0 Å². The Bertz CT molecular complexity index is 1120. The Labute approximate surface area is 153 Å². The van der Waals surface area contributed by atoms with E-state index in [1.807, 2.05) is 58.5 Å². The summed E-state index contributed by atoms with van der Waals surface area (Å²) in [4.78, 5) is 26.0. The van der Waals surface area contributed by atoms with Gasteiger partial charge in [0.2, 0.25) is 0 Å². The first-order chi connectivity index (χ1) is 12.7. The third-order valence-corrected chi connectivity index (χ3v) is 4.91. The molecule has 0 bridgehead atoms. The van der Waals surface area contributed by atoms with Crippen molar-refractivity contribution in [2.24, 2.45) is 5.10 Å². The van der Waals surface area contributed by atoms with Gasteiger partial charge >= 0.3 is 0 Å². The third kappa shape index (κ3) is 3.02. The number of para-hydroxylation sites is 2. The molecule has 0 saturated carbocycles. The quantitative estimate of drug-likeness (QED) is 0.344. The Kier molecular flexibility index (Phi) is 4.33. The summed E-state index contributed by atoms with van der Waals surface area (Å²) in [6.07, 6.45) is 1.62. The van der Waals surface area contributed by atoms with Crippen LogP contribution in [-0.4, -0.2) is 16.7 Å². The molecule has 128 valence electrons. The van der Waals surface area contributed by atoms with Gasteiger partial charge in [-0.05, 0) is 35.7 Å². The summed E-state index contributed by atoms with van der Waals surface area (Å²) in [5, 5.41) is 7.14. The lowest BCUT2D eigenvalue weighted by molar-refractivity contribution is -0.121. The fourth-order valence-corrected chi connectivity index (χ4v) is 3.54. The number of pyridine rings is 1. The van der Waals surface area contributed by atoms with Crippen LogP contribution in [0.3, 0.4) is 0 Å². The summed E-state index contributed by atoms with van der Waals surface area (Å²) in [6, 6.07) is 18.5. The minimum absolute atomic E-state index is 0.0245. The van der Waals surface area contributed by atoms with Crippen molar-refractivity contribution in [3.05, 3.63) is 81.1 Å². The highest BCUT2D eigenvalue weighted by Crippen LogP contribution is 2.18. The molecule has 0 aliphatic carbocycles. The van der Waals surface area contributed by atoms with Gasteiger partial charge in [-0.15, -0.1) is 11.3 Å². The minimum atomic E-state index is -0.253. The van der Waals surface area contributed by atoms with E-state index in [1.54, 1.807) is 29.7 Å². The Balaban J connectivity index is 1.71. The second-order valence-electron chi connectivity index (χ2n) is 5.76. The van der Waals surface area contributed by atoms with Crippen LogP contribution < -0.4 is 10.9 Å². The smallest absolute Gasteiger partial charge is 0.260 e. The highest BCUT2D eigenvalue weighted by molar-refractivity contribution is 7.11. The molecule has 0 fully saturated rings. The van der Waals surface area contributed by atoms with Gasteiger partial charge in [0.1, 0.15) is 6.54 Å². The van der Waals surface area contributed by atoms with Crippen molar-refractivity contribution in [1.82, 2.24) is 9.99 Å². The SMILES string of the molecule is O=C(Cn1c2ccccc2c(=O)c2ccccc21)NN=Cc1cccs1. The van der Waals surface area contributed by atoms with Crippen molar-refractivity contribution >= 4 is 45.3 Å². The third-order valence-electron chi connectivity index (χ3n) is 4.10. The molecule has 0 radical (unpaired) electrons. The lowest BCUT2D eigenvalue weighted by atomic mass is 10.1. The molecule has 0 aliphatic rings. The van der Waals surface area contributed by atoms with E-state index in [2.05, 4.69) is 10.5 Å². The number of thiophene rings is 1. The average Bonchev–Trinajstić information content (AvgIpc) is 3.19. The predicted molar refractivity (Wildman–Crippen MR) is 106 cm³/mol. The summed E-state index contributed by atoms with van der Waals surface area (Å²) < 4.78 is 1.85. The van der Waals surface area contributed by atoms with Crippen molar-refractivity contribution in [2.45, 2.75) is 6.54 Å². The van der Waals surface area contributed by atoms with Gasteiger partial charge in [0.25, 0.3) is 5.91 Å². The average molecular weight is 361 g/mol. The lowest BCUT2D eigenvalue weighted by Crippen LogP contribution is -2.24. The maximum Gasteiger partial charge on any atom is 0.260 e. The molecule has 0 saturated heterocycles. The van der Waals surface area contributed by atoms with E-state index in [-0.39, 0.29) is 17.9 Å². The minimum Gasteiger partial charge on any atom is -0.331 e. The van der Waals surface area contributed by atoms with Crippen LogP contribution in [0.5, 0.6) is 0 Å². The lowest BCUT2D eigenvalue weighted by Gasteiger charge is -2.14. The van der Waals surface area contributed by atoms with Gasteiger partial charge in [-0.3, -0.25) is 9.59 Å². The Morgan fingerprint density at radius 2 is 1.65 bits per heavy atom. The van der Waals surface area contributed by atoms with Gasteiger partial charge in [0, 0.05) is 15.6 Å². The number of hydrazone groups is 1. The van der Waals surface area contributed by atoms with Crippen LogP contribution in [0.1, 0.15) is 4.88 Å². The normalized spacial score (nSPS) is 11.4. The Morgan fingerprint density at radius 3 is 2.27 bits per heavy atom. The molecule has 26 heavy (non-hydrogen) atoms. The molecule has 1 N–H and O–H groups in total. The number of nitrogens with zero attached hydrogens (tertiary/aromatic N) is 2. The molecule has 0 spiro atoms. The Morgan fingerprint density at radius 1 is 1.00 bits per heavy atom. The molecule has 0 aliphatic heterocycles. The Hall–Kier alpha value is -3.25. The van der Waals surface area contributed by atoms with E-state index in [0.717, 1.165) is 15.9 Å². The highest BCUT2D eigenvalue weighted by Gasteiger charge is 2.12. The van der Waals surface area contributed by atoms with Gasteiger partial charge in [0.05, 0.1) is 17.2 Å². The maximum atomic E-state index is 12.7. The number of rotatable bonds is 4. The number of nitrogens with one attached hydrogen (secondary N) is 1. The van der Waals surface area contributed by atoms with E-state index in [9.17, 15) is 9.59 Å². The molecule has 4 aromatic rings. The van der Waals surface area contributed by atoms with E-state index in [4.69, 9.17) is 0 Å². The first-order valence-corrected chi connectivity index (χ1v) is 8.98. The van der Waals surface area contributed by atoms with Crippen LogP contribution in [0.15, 0.2) is 75.9 Å². The van der Waals surface area contributed by atoms with Crippen LogP contribution in [0.2, 0.25) is 0 Å². The summed E-state index contributed by atoms with van der Waals surface area (Å²) in [6.45, 7) is 0.0725. The molecular weight excluding hydrogens is 346 g/mol. The zero-order valence-corrected chi connectivity index (χ0v) is 14.6. The van der Waals surface area contributed by atoms with Gasteiger partial charge < -0.3 is 4.57 Å². The zero-order valence-electron chi connectivity index (χ0n) is 13.8. The number of carbonyl (C=O) groups is 1. The van der Waals surface area contributed by atoms with Gasteiger partial charge in [0.15, 0.2) is 5.43 Å². The van der Waals surface area contributed by atoms with Gasteiger partial charge in [-0.25, -0.2) is 5.43 Å². The number of benzene rings is 2.